The van der Waals surface area contributed by atoms with Crippen molar-refractivity contribution in [1.82, 2.24) is 9.62 Å². The number of rotatable bonds is 8. The molecule has 4 nitrogen and oxygen atoms in total. The number of hydrogen-bond acceptors (Lipinski definition) is 3. The van der Waals surface area contributed by atoms with Gasteiger partial charge in [0.15, 0.2) is 0 Å². The van der Waals surface area contributed by atoms with Crippen LogP contribution < -0.4 is 5.32 Å². The molecule has 0 aromatic heterocycles. The molecule has 1 aromatic rings. The van der Waals surface area contributed by atoms with E-state index in [0.29, 0.717) is 30.4 Å². The van der Waals surface area contributed by atoms with Gasteiger partial charge in [0.2, 0.25) is 10.0 Å². The lowest BCUT2D eigenvalue weighted by atomic mass is 10.1. The predicted octanol–water partition coefficient (Wildman–Crippen LogP) is 2.53. The molecule has 21 heavy (non-hydrogen) atoms. The van der Waals surface area contributed by atoms with Crippen molar-refractivity contribution in [3.05, 3.63) is 29.3 Å². The Bertz CT molecular complexity index is 580. The molecule has 0 spiro atoms. The molecule has 0 heterocycles. The molecule has 1 aliphatic rings. The zero-order chi connectivity index (χ0) is 15.5. The molecule has 2 rings (SSSR count). The fourth-order valence-corrected chi connectivity index (χ4v) is 4.31. The van der Waals surface area contributed by atoms with Gasteiger partial charge in [-0.15, -0.1) is 0 Å². The van der Waals surface area contributed by atoms with Crippen molar-refractivity contribution >= 4 is 10.0 Å². The van der Waals surface area contributed by atoms with Gasteiger partial charge in [-0.25, -0.2) is 8.42 Å². The van der Waals surface area contributed by atoms with E-state index in [4.69, 9.17) is 0 Å². The van der Waals surface area contributed by atoms with E-state index in [2.05, 4.69) is 5.32 Å². The highest BCUT2D eigenvalue weighted by atomic mass is 32.2. The Morgan fingerprint density at radius 3 is 2.57 bits per heavy atom. The summed E-state index contributed by atoms with van der Waals surface area (Å²) in [6, 6.07) is 5.57. The topological polar surface area (TPSA) is 49.4 Å². The SMILES string of the molecule is CCNCc1cccc(S(=O)(=O)N(CC)CC2CC2)c1C. The lowest BCUT2D eigenvalue weighted by molar-refractivity contribution is 0.411. The second kappa shape index (κ2) is 6.90. The van der Waals surface area contributed by atoms with E-state index in [1.54, 1.807) is 10.4 Å². The van der Waals surface area contributed by atoms with E-state index in [0.717, 1.165) is 30.5 Å². The lowest BCUT2D eigenvalue weighted by Crippen LogP contribution is -2.33. The Balaban J connectivity index is 2.29. The fourth-order valence-electron chi connectivity index (χ4n) is 2.52. The molecule has 1 saturated carbocycles. The molecule has 1 fully saturated rings. The van der Waals surface area contributed by atoms with Crippen molar-refractivity contribution in [2.45, 2.75) is 45.1 Å². The highest BCUT2D eigenvalue weighted by Crippen LogP contribution is 2.32. The molecule has 1 aliphatic carbocycles. The first-order valence-corrected chi connectivity index (χ1v) is 9.24. The van der Waals surface area contributed by atoms with Crippen molar-refractivity contribution in [2.24, 2.45) is 5.92 Å². The third-order valence-corrected chi connectivity index (χ3v) is 6.18. The van der Waals surface area contributed by atoms with Gasteiger partial charge in [0.1, 0.15) is 0 Å². The summed E-state index contributed by atoms with van der Waals surface area (Å²) in [6.07, 6.45) is 2.32. The Labute approximate surface area is 128 Å². The number of nitrogens with one attached hydrogen (secondary N) is 1. The molecule has 0 radical (unpaired) electrons. The Hall–Kier alpha value is -0.910. The summed E-state index contributed by atoms with van der Waals surface area (Å²) in [7, 11) is -3.38. The largest absolute Gasteiger partial charge is 0.313 e. The van der Waals surface area contributed by atoms with Crippen molar-refractivity contribution in [3.8, 4) is 0 Å². The molecular weight excluding hydrogens is 284 g/mol. The van der Waals surface area contributed by atoms with Gasteiger partial charge in [0, 0.05) is 19.6 Å². The Kier molecular flexibility index (Phi) is 5.41. The van der Waals surface area contributed by atoms with Crippen LogP contribution >= 0.6 is 0 Å². The highest BCUT2D eigenvalue weighted by molar-refractivity contribution is 7.89. The van der Waals surface area contributed by atoms with Gasteiger partial charge in [-0.2, -0.15) is 4.31 Å². The van der Waals surface area contributed by atoms with Crippen LogP contribution in [0, 0.1) is 12.8 Å². The first kappa shape index (κ1) is 16.5. The minimum atomic E-state index is -3.38. The van der Waals surface area contributed by atoms with E-state index in [1.165, 1.54) is 0 Å². The maximum atomic E-state index is 12.9. The molecule has 1 N–H and O–H groups in total. The second-order valence-electron chi connectivity index (χ2n) is 5.72. The van der Waals surface area contributed by atoms with Crippen LogP contribution in [0.5, 0.6) is 0 Å². The summed E-state index contributed by atoms with van der Waals surface area (Å²) < 4.78 is 27.4. The summed E-state index contributed by atoms with van der Waals surface area (Å²) in [5.41, 5.74) is 1.92. The molecular formula is C16H26N2O2S. The molecule has 1 aromatic carbocycles. The van der Waals surface area contributed by atoms with Crippen LogP contribution in [0.1, 0.15) is 37.8 Å². The zero-order valence-electron chi connectivity index (χ0n) is 13.2. The highest BCUT2D eigenvalue weighted by Gasteiger charge is 2.31. The van der Waals surface area contributed by atoms with E-state index in [-0.39, 0.29) is 0 Å². The number of nitrogens with zero attached hydrogens (tertiary/aromatic N) is 1. The number of benzene rings is 1. The van der Waals surface area contributed by atoms with Gasteiger partial charge in [0.25, 0.3) is 0 Å². The third kappa shape index (κ3) is 3.84. The fraction of sp³-hybridized carbons (Fsp3) is 0.625. The Morgan fingerprint density at radius 2 is 2.00 bits per heavy atom. The molecule has 0 bridgehead atoms. The standard InChI is InChI=1S/C16H26N2O2S/c1-4-17-11-15-7-6-8-16(13(15)3)21(19,20)18(5-2)12-14-9-10-14/h6-8,14,17H,4-5,9-12H2,1-3H3. The van der Waals surface area contributed by atoms with Crippen molar-refractivity contribution in [3.63, 3.8) is 0 Å². The Morgan fingerprint density at radius 1 is 1.29 bits per heavy atom. The average Bonchev–Trinajstić information content (AvgIpc) is 3.27. The molecule has 0 atom stereocenters. The van der Waals surface area contributed by atoms with Crippen LogP contribution in [-0.4, -0.2) is 32.4 Å². The minimum absolute atomic E-state index is 0.459. The number of hydrogen-bond donors (Lipinski definition) is 1. The molecule has 118 valence electrons. The van der Waals surface area contributed by atoms with Gasteiger partial charge in [-0.05, 0) is 49.4 Å². The quantitative estimate of drug-likeness (QED) is 0.802. The van der Waals surface area contributed by atoms with Gasteiger partial charge in [-0.3, -0.25) is 0 Å². The van der Waals surface area contributed by atoms with Crippen LogP contribution in [0.15, 0.2) is 23.1 Å². The summed E-state index contributed by atoms with van der Waals surface area (Å²) in [5.74, 6) is 0.560. The molecule has 0 aliphatic heterocycles. The minimum Gasteiger partial charge on any atom is -0.313 e. The summed E-state index contributed by atoms with van der Waals surface area (Å²) in [4.78, 5) is 0.459. The smallest absolute Gasteiger partial charge is 0.243 e. The zero-order valence-corrected chi connectivity index (χ0v) is 14.0. The average molecular weight is 310 g/mol. The van der Waals surface area contributed by atoms with Crippen LogP contribution in [0.25, 0.3) is 0 Å². The number of sulfonamides is 1. The van der Waals surface area contributed by atoms with Crippen molar-refractivity contribution < 1.29 is 8.42 Å². The van der Waals surface area contributed by atoms with Gasteiger partial charge >= 0.3 is 0 Å². The van der Waals surface area contributed by atoms with E-state index in [1.807, 2.05) is 32.9 Å². The maximum absolute atomic E-state index is 12.9. The molecule has 0 saturated heterocycles. The van der Waals surface area contributed by atoms with Crippen molar-refractivity contribution in [2.75, 3.05) is 19.6 Å². The van der Waals surface area contributed by atoms with Crippen LogP contribution in [0.2, 0.25) is 0 Å². The molecule has 0 amide bonds. The third-order valence-electron chi connectivity index (χ3n) is 4.09. The second-order valence-corrected chi connectivity index (χ2v) is 7.63. The molecule has 5 heteroatoms. The molecule has 0 unspecified atom stereocenters. The summed E-state index contributed by atoms with van der Waals surface area (Å²) in [5, 5.41) is 3.26. The van der Waals surface area contributed by atoms with Crippen LogP contribution in [-0.2, 0) is 16.6 Å². The van der Waals surface area contributed by atoms with Gasteiger partial charge < -0.3 is 5.32 Å². The summed E-state index contributed by atoms with van der Waals surface area (Å²) in [6.45, 7) is 8.65. The maximum Gasteiger partial charge on any atom is 0.243 e. The van der Waals surface area contributed by atoms with Gasteiger partial charge in [-0.1, -0.05) is 26.0 Å². The van der Waals surface area contributed by atoms with Crippen molar-refractivity contribution in [1.29, 1.82) is 0 Å². The van der Waals surface area contributed by atoms with E-state index < -0.39 is 10.0 Å². The van der Waals surface area contributed by atoms with Crippen LogP contribution in [0.3, 0.4) is 0 Å². The normalized spacial score (nSPS) is 15.6. The first-order chi connectivity index (χ1) is 10.0. The monoisotopic (exact) mass is 310 g/mol. The lowest BCUT2D eigenvalue weighted by Gasteiger charge is -2.22. The van der Waals surface area contributed by atoms with Crippen LogP contribution in [0.4, 0.5) is 0 Å². The van der Waals surface area contributed by atoms with E-state index in [9.17, 15) is 8.42 Å². The summed E-state index contributed by atoms with van der Waals surface area (Å²) >= 11 is 0. The van der Waals surface area contributed by atoms with E-state index >= 15 is 0 Å². The first-order valence-electron chi connectivity index (χ1n) is 7.80. The predicted molar refractivity (Wildman–Crippen MR) is 85.7 cm³/mol. The van der Waals surface area contributed by atoms with Gasteiger partial charge in [0.05, 0.1) is 4.90 Å².